The van der Waals surface area contributed by atoms with Gasteiger partial charge < -0.3 is 9.47 Å². The van der Waals surface area contributed by atoms with Crippen LogP contribution in [-0.4, -0.2) is 36.0 Å². The van der Waals surface area contributed by atoms with Crippen molar-refractivity contribution in [1.29, 1.82) is 0 Å². The molecule has 2 amide bonds. The number of carbonyl (C=O) groups is 3. The molecule has 0 aromatic heterocycles. The lowest BCUT2D eigenvalue weighted by Gasteiger charge is -2.29. The molecule has 1 aliphatic heterocycles. The number of likely N-dealkylation sites (tertiary alicyclic amines) is 1. The van der Waals surface area contributed by atoms with Gasteiger partial charge in [-0.15, -0.1) is 0 Å². The average molecular weight is 331 g/mol. The van der Waals surface area contributed by atoms with Crippen LogP contribution in [0.1, 0.15) is 25.8 Å². The second kappa shape index (κ2) is 6.26. The summed E-state index contributed by atoms with van der Waals surface area (Å²) < 4.78 is 10.3. The number of fused-ring (bicyclic) bond motifs is 1. The molecule has 1 saturated heterocycles. The highest BCUT2D eigenvalue weighted by atomic mass is 16.6. The molecule has 1 saturated carbocycles. The second-order valence-corrected chi connectivity index (χ2v) is 6.27. The number of benzene rings is 1. The lowest BCUT2D eigenvalue weighted by molar-refractivity contribution is -0.160. The summed E-state index contributed by atoms with van der Waals surface area (Å²) in [5, 5.41) is 0. The van der Waals surface area contributed by atoms with E-state index < -0.39 is 23.4 Å². The smallest absolute Gasteiger partial charge is 0.416 e. The minimum absolute atomic E-state index is 0.0396. The second-order valence-electron chi connectivity index (χ2n) is 6.27. The van der Waals surface area contributed by atoms with Gasteiger partial charge in [-0.25, -0.2) is 9.69 Å². The van der Waals surface area contributed by atoms with Crippen LogP contribution in [0.25, 0.3) is 0 Å². The summed E-state index contributed by atoms with van der Waals surface area (Å²) in [5.41, 5.74) is -0.354. The van der Waals surface area contributed by atoms with Gasteiger partial charge in [0.05, 0.1) is 6.61 Å². The predicted molar refractivity (Wildman–Crippen MR) is 84.7 cm³/mol. The molecule has 24 heavy (non-hydrogen) atoms. The molecule has 3 unspecified atom stereocenters. The molecule has 0 spiro atoms. The van der Waals surface area contributed by atoms with Gasteiger partial charge in [0, 0.05) is 6.54 Å². The number of amides is 2. The Morgan fingerprint density at radius 2 is 1.96 bits per heavy atom. The monoisotopic (exact) mass is 331 g/mol. The first-order valence-electron chi connectivity index (χ1n) is 8.23. The molecule has 3 rings (SSSR count). The van der Waals surface area contributed by atoms with Crippen LogP contribution in [0.2, 0.25) is 0 Å². The van der Waals surface area contributed by atoms with Gasteiger partial charge in [-0.2, -0.15) is 0 Å². The van der Waals surface area contributed by atoms with Crippen LogP contribution in [-0.2, 0) is 25.7 Å². The molecule has 6 heteroatoms. The van der Waals surface area contributed by atoms with E-state index in [1.165, 1.54) is 0 Å². The highest BCUT2D eigenvalue weighted by Gasteiger charge is 2.76. The van der Waals surface area contributed by atoms with E-state index in [0.717, 1.165) is 10.5 Å². The molecule has 1 aliphatic carbocycles. The number of hydrogen-bond acceptors (Lipinski definition) is 5. The van der Waals surface area contributed by atoms with Crippen molar-refractivity contribution in [3.05, 3.63) is 35.9 Å². The number of imide groups is 1. The van der Waals surface area contributed by atoms with Crippen molar-refractivity contribution in [2.45, 2.75) is 26.9 Å². The van der Waals surface area contributed by atoms with Crippen LogP contribution < -0.4 is 0 Å². The fraction of sp³-hybridized carbons (Fsp3) is 0.500. The zero-order chi connectivity index (χ0) is 17.3. The molecule has 0 radical (unpaired) electrons. The van der Waals surface area contributed by atoms with Gasteiger partial charge in [0.2, 0.25) is 5.91 Å². The van der Waals surface area contributed by atoms with Gasteiger partial charge in [-0.05, 0) is 30.7 Å². The van der Waals surface area contributed by atoms with Gasteiger partial charge >= 0.3 is 12.1 Å². The molecule has 1 aromatic rings. The lowest BCUT2D eigenvalue weighted by atomic mass is 9.95. The van der Waals surface area contributed by atoms with Crippen molar-refractivity contribution in [3.8, 4) is 0 Å². The first-order chi connectivity index (χ1) is 11.5. The standard InChI is InChI=1S/C18H21NO5/c1-3-23-16(21)18-12(2)14(18)9-10-19(15(18)20)17(22)24-11-13-7-5-4-6-8-13/h4-8,12,14H,3,9-11H2,1-2H3. The van der Waals surface area contributed by atoms with Crippen molar-refractivity contribution in [2.24, 2.45) is 17.3 Å². The van der Waals surface area contributed by atoms with Crippen LogP contribution in [0.5, 0.6) is 0 Å². The minimum Gasteiger partial charge on any atom is -0.465 e. The normalized spacial score (nSPS) is 28.1. The maximum absolute atomic E-state index is 12.8. The molecule has 1 aromatic carbocycles. The van der Waals surface area contributed by atoms with E-state index >= 15 is 0 Å². The number of ether oxygens (including phenoxy) is 2. The summed E-state index contributed by atoms with van der Waals surface area (Å²) in [7, 11) is 0. The fourth-order valence-electron chi connectivity index (χ4n) is 3.72. The quantitative estimate of drug-likeness (QED) is 0.625. The van der Waals surface area contributed by atoms with Crippen molar-refractivity contribution < 1.29 is 23.9 Å². The van der Waals surface area contributed by atoms with Gasteiger partial charge in [0.25, 0.3) is 0 Å². The van der Waals surface area contributed by atoms with Crippen molar-refractivity contribution in [2.75, 3.05) is 13.2 Å². The molecule has 3 atom stereocenters. The molecular weight excluding hydrogens is 310 g/mol. The summed E-state index contributed by atoms with van der Waals surface area (Å²) in [5.74, 6) is -1.14. The van der Waals surface area contributed by atoms with E-state index in [1.54, 1.807) is 6.92 Å². The van der Waals surface area contributed by atoms with Gasteiger partial charge in [0.1, 0.15) is 6.61 Å². The molecule has 2 aliphatic rings. The number of piperidine rings is 1. The molecule has 128 valence electrons. The third kappa shape index (κ3) is 2.46. The molecule has 6 nitrogen and oxygen atoms in total. The Kier molecular flexibility index (Phi) is 4.30. The van der Waals surface area contributed by atoms with Crippen LogP contribution in [0, 0.1) is 17.3 Å². The first-order valence-corrected chi connectivity index (χ1v) is 8.23. The summed E-state index contributed by atoms with van der Waals surface area (Å²) in [4.78, 5) is 38.5. The van der Waals surface area contributed by atoms with E-state index in [0.29, 0.717) is 6.42 Å². The molecule has 2 fully saturated rings. The Labute approximate surface area is 140 Å². The number of rotatable bonds is 4. The number of nitrogens with zero attached hydrogens (tertiary/aromatic N) is 1. The van der Waals surface area contributed by atoms with Crippen LogP contribution in [0.3, 0.4) is 0 Å². The van der Waals surface area contributed by atoms with Crippen molar-refractivity contribution in [3.63, 3.8) is 0 Å². The highest BCUT2D eigenvalue weighted by molar-refractivity contribution is 6.11. The zero-order valence-electron chi connectivity index (χ0n) is 13.9. The Balaban J connectivity index is 1.69. The van der Waals surface area contributed by atoms with Gasteiger partial charge in [-0.3, -0.25) is 9.59 Å². The number of esters is 1. The van der Waals surface area contributed by atoms with Crippen molar-refractivity contribution >= 4 is 18.0 Å². The highest BCUT2D eigenvalue weighted by Crippen LogP contribution is 2.64. The summed E-state index contributed by atoms with van der Waals surface area (Å²) >= 11 is 0. The summed E-state index contributed by atoms with van der Waals surface area (Å²) in [6.45, 7) is 4.15. The van der Waals surface area contributed by atoms with E-state index in [-0.39, 0.29) is 31.6 Å². The summed E-state index contributed by atoms with van der Waals surface area (Å²) in [6.07, 6.45) is -0.100. The van der Waals surface area contributed by atoms with E-state index in [2.05, 4.69) is 0 Å². The third-order valence-corrected chi connectivity index (χ3v) is 5.10. The molecule has 1 heterocycles. The van der Waals surface area contributed by atoms with Crippen LogP contribution in [0.4, 0.5) is 4.79 Å². The minimum atomic E-state index is -1.19. The maximum atomic E-state index is 12.8. The van der Waals surface area contributed by atoms with E-state index in [9.17, 15) is 14.4 Å². The average Bonchev–Trinajstić information content (AvgIpc) is 3.21. The Morgan fingerprint density at radius 3 is 2.62 bits per heavy atom. The topological polar surface area (TPSA) is 72.9 Å². The largest absolute Gasteiger partial charge is 0.465 e. The van der Waals surface area contributed by atoms with Crippen molar-refractivity contribution in [1.82, 2.24) is 4.90 Å². The van der Waals surface area contributed by atoms with Gasteiger partial charge in [-0.1, -0.05) is 37.3 Å². The van der Waals surface area contributed by atoms with E-state index in [1.807, 2.05) is 37.3 Å². The van der Waals surface area contributed by atoms with Crippen LogP contribution >= 0.6 is 0 Å². The molecular formula is C18H21NO5. The summed E-state index contributed by atoms with van der Waals surface area (Å²) in [6, 6.07) is 9.24. The molecule has 0 N–H and O–H groups in total. The van der Waals surface area contributed by atoms with Gasteiger partial charge in [0.15, 0.2) is 5.41 Å². The van der Waals surface area contributed by atoms with Crippen LogP contribution in [0.15, 0.2) is 30.3 Å². The maximum Gasteiger partial charge on any atom is 0.416 e. The van der Waals surface area contributed by atoms with E-state index in [4.69, 9.17) is 9.47 Å². The SMILES string of the molecule is CCOC(=O)C12C(=O)N(C(=O)OCc3ccccc3)CCC1C2C. The number of carbonyl (C=O) groups excluding carboxylic acids is 3. The zero-order valence-corrected chi connectivity index (χ0v) is 13.9. The lowest BCUT2D eigenvalue weighted by Crippen LogP contribution is -2.49. The Bertz CT molecular complexity index is 659. The third-order valence-electron chi connectivity index (χ3n) is 5.10. The predicted octanol–water partition coefficient (Wildman–Crippen LogP) is 2.37. The number of hydrogen-bond donors (Lipinski definition) is 0. The first kappa shape index (κ1) is 16.5. The Hall–Kier alpha value is -2.37. The Morgan fingerprint density at radius 1 is 1.25 bits per heavy atom. The fourth-order valence-corrected chi connectivity index (χ4v) is 3.72. The molecule has 0 bridgehead atoms.